The van der Waals surface area contributed by atoms with Gasteiger partial charge in [0.15, 0.2) is 0 Å². The molecule has 0 nitrogen and oxygen atoms in total. The van der Waals surface area contributed by atoms with Crippen molar-refractivity contribution in [2.75, 3.05) is 12.5 Å². The standard InChI is InChI=1S/C18H16F6S2/c1-25-13-7-3-11(4-8-13)15(17(19,20)21)16(18(22,23)24)12-5-9-14(26-2)10-6-12/h3-10,15-16H,1-2H3. The molecule has 0 heterocycles. The lowest BCUT2D eigenvalue weighted by Gasteiger charge is -2.31. The van der Waals surface area contributed by atoms with Gasteiger partial charge in [0, 0.05) is 9.79 Å². The Hall–Kier alpha value is -1.28. The van der Waals surface area contributed by atoms with E-state index in [0.29, 0.717) is 9.79 Å². The first kappa shape index (κ1) is 21.0. The van der Waals surface area contributed by atoms with Crippen LogP contribution in [0, 0.1) is 0 Å². The fourth-order valence-corrected chi connectivity index (χ4v) is 3.58. The maximum Gasteiger partial charge on any atom is 0.396 e. The molecule has 0 spiro atoms. The van der Waals surface area contributed by atoms with Crippen molar-refractivity contribution in [3.63, 3.8) is 0 Å². The van der Waals surface area contributed by atoms with Crippen molar-refractivity contribution in [1.82, 2.24) is 0 Å². The van der Waals surface area contributed by atoms with Gasteiger partial charge in [0.25, 0.3) is 0 Å². The van der Waals surface area contributed by atoms with Crippen LogP contribution in [0.15, 0.2) is 58.3 Å². The van der Waals surface area contributed by atoms with Crippen molar-refractivity contribution in [2.45, 2.75) is 34.0 Å². The normalized spacial score (nSPS) is 14.9. The summed E-state index contributed by atoms with van der Waals surface area (Å²) in [7, 11) is 0. The Balaban J connectivity index is 2.58. The molecule has 0 aliphatic heterocycles. The molecule has 0 aliphatic carbocycles. The van der Waals surface area contributed by atoms with E-state index in [4.69, 9.17) is 0 Å². The highest BCUT2D eigenvalue weighted by atomic mass is 32.2. The first-order valence-electron chi connectivity index (χ1n) is 7.49. The van der Waals surface area contributed by atoms with Crippen LogP contribution in [0.5, 0.6) is 0 Å². The van der Waals surface area contributed by atoms with E-state index in [9.17, 15) is 26.3 Å². The largest absolute Gasteiger partial charge is 0.396 e. The first-order valence-corrected chi connectivity index (χ1v) is 9.94. The summed E-state index contributed by atoms with van der Waals surface area (Å²) in [6.07, 6.45) is -6.61. The summed E-state index contributed by atoms with van der Waals surface area (Å²) in [5.41, 5.74) is -0.793. The van der Waals surface area contributed by atoms with Gasteiger partial charge in [-0.3, -0.25) is 0 Å². The Morgan fingerprint density at radius 1 is 0.577 bits per heavy atom. The molecule has 2 aromatic rings. The fourth-order valence-electron chi connectivity index (χ4n) is 2.76. The number of halogens is 6. The minimum absolute atomic E-state index is 0.397. The van der Waals surface area contributed by atoms with Crippen molar-refractivity contribution >= 4 is 23.5 Å². The molecule has 2 aromatic carbocycles. The summed E-state index contributed by atoms with van der Waals surface area (Å²) < 4.78 is 82.1. The van der Waals surface area contributed by atoms with E-state index in [-0.39, 0.29) is 0 Å². The molecule has 142 valence electrons. The van der Waals surface area contributed by atoms with Crippen molar-refractivity contribution in [3.05, 3.63) is 59.7 Å². The van der Waals surface area contributed by atoms with E-state index in [2.05, 4.69) is 0 Å². The molecule has 0 radical (unpaired) electrons. The Labute approximate surface area is 156 Å². The Morgan fingerprint density at radius 3 is 1.04 bits per heavy atom. The van der Waals surface area contributed by atoms with E-state index in [1.165, 1.54) is 47.8 Å². The van der Waals surface area contributed by atoms with Crippen LogP contribution in [0.25, 0.3) is 0 Å². The SMILES string of the molecule is CSc1ccc(C(C(c2ccc(SC)cc2)C(F)(F)F)C(F)(F)F)cc1. The quantitative estimate of drug-likeness (QED) is 0.380. The second-order valence-electron chi connectivity index (χ2n) is 5.58. The van der Waals surface area contributed by atoms with Crippen LogP contribution in [0.3, 0.4) is 0 Å². The predicted octanol–water partition coefficient (Wildman–Crippen LogP) is 7.12. The minimum atomic E-state index is -5.04. The molecule has 0 amide bonds. The maximum atomic E-state index is 13.7. The molecular weight excluding hydrogens is 394 g/mol. The van der Waals surface area contributed by atoms with E-state index < -0.39 is 35.3 Å². The van der Waals surface area contributed by atoms with Crippen molar-refractivity contribution in [1.29, 1.82) is 0 Å². The highest BCUT2D eigenvalue weighted by Crippen LogP contribution is 2.52. The van der Waals surface area contributed by atoms with E-state index >= 15 is 0 Å². The number of alkyl halides is 6. The second-order valence-corrected chi connectivity index (χ2v) is 7.34. The molecule has 0 aromatic heterocycles. The van der Waals surface area contributed by atoms with E-state index in [1.807, 2.05) is 0 Å². The molecule has 2 rings (SSSR count). The average molecular weight is 410 g/mol. The van der Waals surface area contributed by atoms with Crippen LogP contribution in [0.2, 0.25) is 0 Å². The van der Waals surface area contributed by atoms with Gasteiger partial charge in [0.2, 0.25) is 0 Å². The van der Waals surface area contributed by atoms with Gasteiger partial charge in [0.05, 0.1) is 11.8 Å². The van der Waals surface area contributed by atoms with Crippen LogP contribution in [0.1, 0.15) is 23.0 Å². The van der Waals surface area contributed by atoms with E-state index in [1.54, 1.807) is 12.5 Å². The van der Waals surface area contributed by atoms with Gasteiger partial charge in [-0.15, -0.1) is 23.5 Å². The Kier molecular flexibility index (Phi) is 6.60. The molecule has 0 N–H and O–H groups in total. The molecule has 8 heteroatoms. The molecule has 2 atom stereocenters. The average Bonchev–Trinajstić information content (AvgIpc) is 2.58. The smallest absolute Gasteiger partial charge is 0.170 e. The van der Waals surface area contributed by atoms with Crippen molar-refractivity contribution < 1.29 is 26.3 Å². The minimum Gasteiger partial charge on any atom is -0.170 e. The molecule has 26 heavy (non-hydrogen) atoms. The van der Waals surface area contributed by atoms with Crippen molar-refractivity contribution in [2.24, 2.45) is 0 Å². The number of hydrogen-bond acceptors (Lipinski definition) is 2. The monoisotopic (exact) mass is 410 g/mol. The first-order chi connectivity index (χ1) is 12.1. The van der Waals surface area contributed by atoms with Gasteiger partial charge in [-0.2, -0.15) is 26.3 Å². The van der Waals surface area contributed by atoms with Crippen LogP contribution in [-0.2, 0) is 0 Å². The molecular formula is C18H16F6S2. The zero-order valence-electron chi connectivity index (χ0n) is 13.9. The third-order valence-electron chi connectivity index (χ3n) is 3.99. The summed E-state index contributed by atoms with van der Waals surface area (Å²) in [4.78, 5) is 1.37. The number of benzene rings is 2. The van der Waals surface area contributed by atoms with Gasteiger partial charge < -0.3 is 0 Å². The van der Waals surface area contributed by atoms with Crippen LogP contribution >= 0.6 is 23.5 Å². The summed E-state index contributed by atoms with van der Waals surface area (Å²) in [5.74, 6) is -5.34. The topological polar surface area (TPSA) is 0 Å². The van der Waals surface area contributed by atoms with Crippen LogP contribution < -0.4 is 0 Å². The second kappa shape index (κ2) is 8.17. The van der Waals surface area contributed by atoms with Gasteiger partial charge in [0.1, 0.15) is 0 Å². The lowest BCUT2D eigenvalue weighted by molar-refractivity contribution is -0.211. The summed E-state index contributed by atoms with van der Waals surface area (Å²) >= 11 is 2.61. The number of hydrogen-bond donors (Lipinski definition) is 0. The molecule has 0 saturated heterocycles. The predicted molar refractivity (Wildman–Crippen MR) is 94.0 cm³/mol. The molecule has 0 saturated carbocycles. The third kappa shape index (κ3) is 4.91. The molecule has 2 unspecified atom stereocenters. The zero-order valence-corrected chi connectivity index (χ0v) is 15.5. The Bertz CT molecular complexity index is 641. The Morgan fingerprint density at radius 2 is 0.846 bits per heavy atom. The van der Waals surface area contributed by atoms with Gasteiger partial charge in [-0.25, -0.2) is 0 Å². The number of thioether (sulfide) groups is 2. The molecule has 0 aliphatic rings. The summed E-state index contributed by atoms with van der Waals surface area (Å²) in [6, 6.07) is 10.1. The van der Waals surface area contributed by atoms with Gasteiger partial charge in [-0.1, -0.05) is 24.3 Å². The lowest BCUT2D eigenvalue weighted by Crippen LogP contribution is -2.35. The van der Waals surface area contributed by atoms with E-state index in [0.717, 1.165) is 24.3 Å². The van der Waals surface area contributed by atoms with Gasteiger partial charge in [-0.05, 0) is 47.9 Å². The summed E-state index contributed by atoms with van der Waals surface area (Å²) in [5, 5.41) is 0. The summed E-state index contributed by atoms with van der Waals surface area (Å²) in [6.45, 7) is 0. The molecule has 0 bridgehead atoms. The van der Waals surface area contributed by atoms with Crippen LogP contribution in [-0.4, -0.2) is 24.9 Å². The molecule has 0 fully saturated rings. The third-order valence-corrected chi connectivity index (χ3v) is 5.48. The van der Waals surface area contributed by atoms with Crippen LogP contribution in [0.4, 0.5) is 26.3 Å². The highest BCUT2D eigenvalue weighted by Gasteiger charge is 2.56. The maximum absolute atomic E-state index is 13.7. The lowest BCUT2D eigenvalue weighted by atomic mass is 9.80. The number of rotatable bonds is 5. The fraction of sp³-hybridized carbons (Fsp3) is 0.333. The zero-order chi connectivity index (χ0) is 19.5. The van der Waals surface area contributed by atoms with Gasteiger partial charge >= 0.3 is 12.4 Å². The van der Waals surface area contributed by atoms with Crippen molar-refractivity contribution in [3.8, 4) is 0 Å². The highest BCUT2D eigenvalue weighted by molar-refractivity contribution is 7.98.